The van der Waals surface area contributed by atoms with Gasteiger partial charge in [-0.1, -0.05) is 6.92 Å². The zero-order chi connectivity index (χ0) is 13.5. The molecule has 0 spiro atoms. The Hall–Kier alpha value is -0.680. The third-order valence-corrected chi connectivity index (χ3v) is 3.59. The van der Waals surface area contributed by atoms with Gasteiger partial charge >= 0.3 is 0 Å². The average molecular weight is 271 g/mol. The smallest absolute Gasteiger partial charge is 0.203 e. The number of imidazole rings is 1. The van der Waals surface area contributed by atoms with Gasteiger partial charge in [-0.25, -0.2) is 4.98 Å². The molecule has 1 aromatic heterocycles. The Morgan fingerprint density at radius 1 is 1.56 bits per heavy atom. The lowest BCUT2D eigenvalue weighted by Crippen LogP contribution is -2.24. The minimum absolute atomic E-state index is 0.266. The summed E-state index contributed by atoms with van der Waals surface area (Å²) in [5.74, 6) is 2.07. The van der Waals surface area contributed by atoms with Crippen molar-refractivity contribution < 1.29 is 4.74 Å². The van der Waals surface area contributed by atoms with Crippen LogP contribution in [0.25, 0.3) is 0 Å². The van der Waals surface area contributed by atoms with Crippen LogP contribution in [0.15, 0.2) is 6.20 Å². The van der Waals surface area contributed by atoms with Crippen molar-refractivity contribution in [2.45, 2.75) is 39.3 Å². The number of aromatic nitrogens is 2. The molecule has 0 radical (unpaired) electrons. The number of anilines is 1. The summed E-state index contributed by atoms with van der Waals surface area (Å²) in [6.07, 6.45) is 5.39. The summed E-state index contributed by atoms with van der Waals surface area (Å²) < 4.78 is 7.42. The standard InChI is InChI=1S/C13H25N3OS/c1-6-12(9-18-5)16-7-10(2)14-13(16)15-11(3)8-17-4/h7,11-12H,6,8-9H2,1-5H3,(H,14,15). The van der Waals surface area contributed by atoms with Gasteiger partial charge in [-0.15, -0.1) is 0 Å². The van der Waals surface area contributed by atoms with Gasteiger partial charge in [0.2, 0.25) is 5.95 Å². The van der Waals surface area contributed by atoms with Gasteiger partial charge in [0, 0.05) is 31.1 Å². The van der Waals surface area contributed by atoms with E-state index in [2.05, 4.69) is 41.2 Å². The maximum absolute atomic E-state index is 5.15. The maximum atomic E-state index is 5.15. The Morgan fingerprint density at radius 2 is 2.28 bits per heavy atom. The minimum Gasteiger partial charge on any atom is -0.383 e. The molecule has 0 aromatic carbocycles. The second-order valence-electron chi connectivity index (χ2n) is 4.63. The number of hydrogen-bond donors (Lipinski definition) is 1. The van der Waals surface area contributed by atoms with Gasteiger partial charge in [-0.2, -0.15) is 11.8 Å². The van der Waals surface area contributed by atoms with Crippen LogP contribution in [0.1, 0.15) is 32.0 Å². The monoisotopic (exact) mass is 271 g/mol. The van der Waals surface area contributed by atoms with Crippen LogP contribution in [0, 0.1) is 6.92 Å². The fourth-order valence-corrected chi connectivity index (χ4v) is 2.78. The van der Waals surface area contributed by atoms with E-state index in [1.54, 1.807) is 7.11 Å². The first-order valence-electron chi connectivity index (χ1n) is 6.42. The molecule has 104 valence electrons. The number of hydrogen-bond acceptors (Lipinski definition) is 4. The lowest BCUT2D eigenvalue weighted by Gasteiger charge is -2.21. The van der Waals surface area contributed by atoms with Gasteiger partial charge < -0.3 is 14.6 Å². The third-order valence-electron chi connectivity index (χ3n) is 2.87. The Morgan fingerprint density at radius 3 is 2.83 bits per heavy atom. The quantitative estimate of drug-likeness (QED) is 0.789. The summed E-state index contributed by atoms with van der Waals surface area (Å²) >= 11 is 1.88. The van der Waals surface area contributed by atoms with Crippen molar-refractivity contribution in [2.24, 2.45) is 0 Å². The van der Waals surface area contributed by atoms with Gasteiger partial charge in [-0.3, -0.25) is 0 Å². The highest BCUT2D eigenvalue weighted by Gasteiger charge is 2.15. The Balaban J connectivity index is 2.83. The van der Waals surface area contributed by atoms with E-state index in [9.17, 15) is 0 Å². The Kier molecular flexibility index (Phi) is 6.57. The molecule has 1 N–H and O–H groups in total. The molecule has 1 aromatic rings. The lowest BCUT2D eigenvalue weighted by atomic mass is 10.2. The zero-order valence-corrected chi connectivity index (χ0v) is 12.9. The maximum Gasteiger partial charge on any atom is 0.203 e. The predicted octanol–water partition coefficient (Wildman–Crippen LogP) is 2.95. The molecule has 0 fully saturated rings. The van der Waals surface area contributed by atoms with Crippen LogP contribution in [-0.2, 0) is 4.74 Å². The highest BCUT2D eigenvalue weighted by Crippen LogP contribution is 2.22. The van der Waals surface area contributed by atoms with Crippen molar-refractivity contribution in [1.82, 2.24) is 9.55 Å². The molecule has 1 rings (SSSR count). The van der Waals surface area contributed by atoms with E-state index in [0.717, 1.165) is 23.8 Å². The van der Waals surface area contributed by atoms with Crippen molar-refractivity contribution in [3.8, 4) is 0 Å². The van der Waals surface area contributed by atoms with Crippen LogP contribution in [0.3, 0.4) is 0 Å². The van der Waals surface area contributed by atoms with E-state index in [1.165, 1.54) is 0 Å². The number of methoxy groups -OCH3 is 1. The van der Waals surface area contributed by atoms with Crippen LogP contribution in [-0.4, -0.2) is 41.3 Å². The SMILES string of the molecule is CCC(CSC)n1cc(C)nc1NC(C)COC. The molecule has 1 heterocycles. The number of nitrogens with one attached hydrogen (secondary N) is 1. The van der Waals surface area contributed by atoms with Crippen molar-refractivity contribution in [3.05, 3.63) is 11.9 Å². The summed E-state index contributed by atoms with van der Waals surface area (Å²) in [5, 5.41) is 3.42. The largest absolute Gasteiger partial charge is 0.383 e. The van der Waals surface area contributed by atoms with Crippen LogP contribution < -0.4 is 5.32 Å². The molecule has 0 saturated heterocycles. The molecule has 0 aliphatic carbocycles. The van der Waals surface area contributed by atoms with Crippen molar-refractivity contribution in [3.63, 3.8) is 0 Å². The molecule has 5 heteroatoms. The van der Waals surface area contributed by atoms with E-state index in [0.29, 0.717) is 12.6 Å². The van der Waals surface area contributed by atoms with Gasteiger partial charge in [0.15, 0.2) is 0 Å². The molecular formula is C13H25N3OS. The molecule has 0 amide bonds. The number of thioether (sulfide) groups is 1. The van der Waals surface area contributed by atoms with Gasteiger partial charge in [0.1, 0.15) is 0 Å². The summed E-state index contributed by atoms with van der Waals surface area (Å²) in [7, 11) is 1.72. The second kappa shape index (κ2) is 7.69. The molecule has 2 unspecified atom stereocenters. The van der Waals surface area contributed by atoms with Crippen molar-refractivity contribution in [1.29, 1.82) is 0 Å². The van der Waals surface area contributed by atoms with Crippen LogP contribution in [0.4, 0.5) is 5.95 Å². The van der Waals surface area contributed by atoms with Crippen LogP contribution in [0.5, 0.6) is 0 Å². The van der Waals surface area contributed by atoms with E-state index >= 15 is 0 Å². The second-order valence-corrected chi connectivity index (χ2v) is 5.54. The van der Waals surface area contributed by atoms with E-state index in [1.807, 2.05) is 18.7 Å². The number of rotatable bonds is 8. The normalized spacial score (nSPS) is 14.5. The summed E-state index contributed by atoms with van der Waals surface area (Å²) in [6.45, 7) is 7.05. The highest BCUT2D eigenvalue weighted by molar-refractivity contribution is 7.98. The van der Waals surface area contributed by atoms with Crippen LogP contribution in [0.2, 0.25) is 0 Å². The first-order chi connectivity index (χ1) is 8.62. The molecule has 0 aliphatic heterocycles. The number of aryl methyl sites for hydroxylation is 1. The summed E-state index contributed by atoms with van der Waals surface area (Å²) in [6, 6.07) is 0.765. The van der Waals surface area contributed by atoms with Gasteiger partial charge in [0.25, 0.3) is 0 Å². The highest BCUT2D eigenvalue weighted by atomic mass is 32.2. The first-order valence-corrected chi connectivity index (χ1v) is 7.81. The average Bonchev–Trinajstić information content (AvgIpc) is 2.67. The van der Waals surface area contributed by atoms with E-state index in [4.69, 9.17) is 4.74 Å². The predicted molar refractivity (Wildman–Crippen MR) is 79.6 cm³/mol. The zero-order valence-electron chi connectivity index (χ0n) is 12.1. The molecule has 4 nitrogen and oxygen atoms in total. The van der Waals surface area contributed by atoms with E-state index in [-0.39, 0.29) is 6.04 Å². The van der Waals surface area contributed by atoms with E-state index < -0.39 is 0 Å². The Bertz CT molecular complexity index is 354. The summed E-state index contributed by atoms with van der Waals surface area (Å²) in [5.41, 5.74) is 1.06. The molecule has 0 saturated carbocycles. The molecule has 0 aliphatic rings. The number of ether oxygens (including phenoxy) is 1. The fraction of sp³-hybridized carbons (Fsp3) is 0.769. The topological polar surface area (TPSA) is 39.1 Å². The fourth-order valence-electron chi connectivity index (χ4n) is 2.00. The third kappa shape index (κ3) is 4.21. The summed E-state index contributed by atoms with van der Waals surface area (Å²) in [4.78, 5) is 4.57. The van der Waals surface area contributed by atoms with Gasteiger partial charge in [0.05, 0.1) is 12.3 Å². The minimum atomic E-state index is 0.266. The number of nitrogens with zero attached hydrogens (tertiary/aromatic N) is 2. The van der Waals surface area contributed by atoms with Crippen LogP contribution >= 0.6 is 11.8 Å². The first kappa shape index (κ1) is 15.4. The molecule has 2 atom stereocenters. The molecular weight excluding hydrogens is 246 g/mol. The molecule has 0 bridgehead atoms. The lowest BCUT2D eigenvalue weighted by molar-refractivity contribution is 0.190. The Labute approximate surface area is 115 Å². The van der Waals surface area contributed by atoms with Crippen molar-refractivity contribution >= 4 is 17.7 Å². The molecule has 18 heavy (non-hydrogen) atoms. The van der Waals surface area contributed by atoms with Crippen molar-refractivity contribution in [2.75, 3.05) is 31.0 Å². The van der Waals surface area contributed by atoms with Gasteiger partial charge in [-0.05, 0) is 26.5 Å².